The molecule has 8 heteroatoms. The summed E-state index contributed by atoms with van der Waals surface area (Å²) in [7, 11) is 0. The van der Waals surface area contributed by atoms with E-state index in [0.717, 1.165) is 22.9 Å². The minimum Gasteiger partial charge on any atom is -0.355 e. The van der Waals surface area contributed by atoms with Crippen molar-refractivity contribution in [3.8, 4) is 12.3 Å². The summed E-state index contributed by atoms with van der Waals surface area (Å²) in [5.41, 5.74) is 2.08. The first-order valence-electron chi connectivity index (χ1n) is 6.47. The fraction of sp³-hybridized carbons (Fsp3) is 0.538. The third kappa shape index (κ3) is 6.81. The van der Waals surface area contributed by atoms with E-state index in [4.69, 9.17) is 6.42 Å². The van der Waals surface area contributed by atoms with Gasteiger partial charge < -0.3 is 10.3 Å². The number of nitrogens with one attached hydrogen (secondary N) is 2. The van der Waals surface area contributed by atoms with E-state index in [1.807, 2.05) is 6.92 Å². The monoisotopic (exact) mass is 309 g/mol. The number of H-pyrrole nitrogens is 1. The average Bonchev–Trinajstić information content (AvgIpc) is 2.83. The van der Waals surface area contributed by atoms with Crippen molar-refractivity contribution in [2.45, 2.75) is 25.6 Å². The standard InChI is InChI=1S/C13H19N5O2S/c1-4-10(2)17-13(7-18(19)20)14-5-6-21-8-12-11(3)15-9-16-12/h1,9-10H,5-8H2,2-3H3,(H,14,17)(H,15,16). The van der Waals surface area contributed by atoms with Crippen LogP contribution in [0.25, 0.3) is 0 Å². The summed E-state index contributed by atoms with van der Waals surface area (Å²) in [4.78, 5) is 21.6. The Labute approximate surface area is 128 Å². The van der Waals surface area contributed by atoms with E-state index in [9.17, 15) is 10.1 Å². The van der Waals surface area contributed by atoms with E-state index >= 15 is 0 Å². The smallest absolute Gasteiger partial charge is 0.259 e. The first-order valence-corrected chi connectivity index (χ1v) is 7.62. The Hall–Kier alpha value is -2.01. The van der Waals surface area contributed by atoms with E-state index in [1.54, 1.807) is 25.0 Å². The molecule has 0 spiro atoms. The summed E-state index contributed by atoms with van der Waals surface area (Å²) in [6.07, 6.45) is 6.91. The highest BCUT2D eigenvalue weighted by Crippen LogP contribution is 2.11. The predicted octanol–water partition coefficient (Wildman–Crippen LogP) is 1.24. The van der Waals surface area contributed by atoms with Gasteiger partial charge in [-0.3, -0.25) is 15.1 Å². The van der Waals surface area contributed by atoms with Gasteiger partial charge in [0.2, 0.25) is 0 Å². The third-order valence-electron chi connectivity index (χ3n) is 2.62. The number of terminal acetylenes is 1. The highest BCUT2D eigenvalue weighted by Gasteiger charge is 2.09. The van der Waals surface area contributed by atoms with Gasteiger partial charge in [-0.2, -0.15) is 11.8 Å². The van der Waals surface area contributed by atoms with Crippen LogP contribution >= 0.6 is 11.8 Å². The Kier molecular flexibility index (Phi) is 7.32. The molecule has 0 aliphatic carbocycles. The van der Waals surface area contributed by atoms with Gasteiger partial charge in [0.1, 0.15) is 0 Å². The number of aryl methyl sites for hydroxylation is 1. The van der Waals surface area contributed by atoms with Crippen LogP contribution in [-0.2, 0) is 5.75 Å². The van der Waals surface area contributed by atoms with Crippen molar-refractivity contribution >= 4 is 17.6 Å². The Morgan fingerprint density at radius 2 is 2.52 bits per heavy atom. The molecular formula is C13H19N5O2S. The molecule has 0 aromatic carbocycles. The molecule has 0 aliphatic rings. The summed E-state index contributed by atoms with van der Waals surface area (Å²) in [6, 6.07) is -0.275. The molecule has 0 bridgehead atoms. The van der Waals surface area contributed by atoms with Crippen molar-refractivity contribution in [2.24, 2.45) is 4.99 Å². The Bertz CT molecular complexity index is 535. The van der Waals surface area contributed by atoms with E-state index in [-0.39, 0.29) is 12.6 Å². The van der Waals surface area contributed by atoms with Crippen LogP contribution in [0.3, 0.4) is 0 Å². The van der Waals surface area contributed by atoms with Gasteiger partial charge in [-0.15, -0.1) is 6.42 Å². The van der Waals surface area contributed by atoms with Crippen molar-refractivity contribution < 1.29 is 4.92 Å². The second kappa shape index (κ2) is 9.02. The van der Waals surface area contributed by atoms with Gasteiger partial charge in [-0.1, -0.05) is 5.92 Å². The number of nitrogens with zero attached hydrogens (tertiary/aromatic N) is 3. The average molecular weight is 309 g/mol. The maximum atomic E-state index is 10.6. The highest BCUT2D eigenvalue weighted by molar-refractivity contribution is 7.98. The van der Waals surface area contributed by atoms with Gasteiger partial charge in [-0.05, 0) is 13.8 Å². The molecular weight excluding hydrogens is 290 g/mol. The van der Waals surface area contributed by atoms with E-state index < -0.39 is 4.92 Å². The first kappa shape index (κ1) is 17.0. The summed E-state index contributed by atoms with van der Waals surface area (Å²) in [6.45, 7) is 3.89. The second-order valence-electron chi connectivity index (χ2n) is 4.38. The molecule has 0 saturated heterocycles. The van der Waals surface area contributed by atoms with Crippen LogP contribution in [0.5, 0.6) is 0 Å². The summed E-state index contributed by atoms with van der Waals surface area (Å²) in [5.74, 6) is 4.34. The largest absolute Gasteiger partial charge is 0.355 e. The van der Waals surface area contributed by atoms with Gasteiger partial charge in [-0.25, -0.2) is 4.98 Å². The molecule has 1 heterocycles. The van der Waals surface area contributed by atoms with Crippen LogP contribution in [0.15, 0.2) is 11.3 Å². The van der Waals surface area contributed by atoms with Crippen molar-refractivity contribution in [3.05, 3.63) is 27.8 Å². The number of thioether (sulfide) groups is 1. The van der Waals surface area contributed by atoms with Gasteiger partial charge in [0.15, 0.2) is 5.84 Å². The lowest BCUT2D eigenvalue weighted by atomic mass is 10.3. The topological polar surface area (TPSA) is 96.2 Å². The normalized spacial score (nSPS) is 12.7. The van der Waals surface area contributed by atoms with Crippen LogP contribution in [0.4, 0.5) is 0 Å². The Morgan fingerprint density at radius 3 is 3.10 bits per heavy atom. The number of imidazole rings is 1. The second-order valence-corrected chi connectivity index (χ2v) is 5.48. The predicted molar refractivity (Wildman–Crippen MR) is 85.1 cm³/mol. The number of amidine groups is 1. The fourth-order valence-corrected chi connectivity index (χ4v) is 2.35. The molecule has 1 aromatic rings. The maximum Gasteiger partial charge on any atom is 0.259 e. The number of aliphatic imine (C=N–C) groups is 1. The molecule has 0 aliphatic heterocycles. The number of rotatable bonds is 8. The SMILES string of the molecule is C#CC(C)NC(C[N+](=O)[O-])=NCCSCc1nc[nH]c1C. The molecule has 1 rings (SSSR count). The van der Waals surface area contributed by atoms with Crippen molar-refractivity contribution in [2.75, 3.05) is 18.8 Å². The molecule has 0 amide bonds. The zero-order valence-corrected chi connectivity index (χ0v) is 12.9. The van der Waals surface area contributed by atoms with Gasteiger partial charge >= 0.3 is 0 Å². The lowest BCUT2D eigenvalue weighted by Crippen LogP contribution is -2.36. The van der Waals surface area contributed by atoms with Gasteiger partial charge in [0, 0.05) is 22.1 Å². The lowest BCUT2D eigenvalue weighted by Gasteiger charge is -2.09. The van der Waals surface area contributed by atoms with Crippen LogP contribution < -0.4 is 5.32 Å². The molecule has 1 atom stereocenters. The Balaban J connectivity index is 2.37. The third-order valence-corrected chi connectivity index (χ3v) is 3.57. The van der Waals surface area contributed by atoms with E-state index in [1.165, 1.54) is 0 Å². The van der Waals surface area contributed by atoms with Gasteiger partial charge in [0.25, 0.3) is 6.54 Å². The van der Waals surface area contributed by atoms with E-state index in [0.29, 0.717) is 12.4 Å². The Morgan fingerprint density at radius 1 is 1.76 bits per heavy atom. The maximum absolute atomic E-state index is 10.6. The minimum atomic E-state index is -0.421. The van der Waals surface area contributed by atoms with Crippen molar-refractivity contribution in [1.82, 2.24) is 15.3 Å². The van der Waals surface area contributed by atoms with Crippen LogP contribution in [-0.4, -0.2) is 45.6 Å². The number of hydrogen-bond donors (Lipinski definition) is 2. The van der Waals surface area contributed by atoms with Crippen LogP contribution in [0, 0.1) is 29.4 Å². The summed E-state index contributed by atoms with van der Waals surface area (Å²) >= 11 is 1.68. The molecule has 1 unspecified atom stereocenters. The molecule has 0 fully saturated rings. The number of aromatic nitrogens is 2. The molecule has 1 aromatic heterocycles. The first-order chi connectivity index (χ1) is 10.0. The molecule has 114 valence electrons. The number of aromatic amines is 1. The summed E-state index contributed by atoms with van der Waals surface area (Å²) < 4.78 is 0. The summed E-state index contributed by atoms with van der Waals surface area (Å²) in [5, 5.41) is 13.4. The van der Waals surface area contributed by atoms with Gasteiger partial charge in [0.05, 0.1) is 24.6 Å². The number of nitro groups is 1. The molecule has 0 saturated carbocycles. The van der Waals surface area contributed by atoms with Crippen molar-refractivity contribution in [3.63, 3.8) is 0 Å². The number of hydrogen-bond acceptors (Lipinski definition) is 5. The highest BCUT2D eigenvalue weighted by atomic mass is 32.2. The molecule has 7 nitrogen and oxygen atoms in total. The molecule has 21 heavy (non-hydrogen) atoms. The fourth-order valence-electron chi connectivity index (χ4n) is 1.50. The van der Waals surface area contributed by atoms with E-state index in [2.05, 4.69) is 26.2 Å². The van der Waals surface area contributed by atoms with Crippen LogP contribution in [0.1, 0.15) is 18.3 Å². The lowest BCUT2D eigenvalue weighted by molar-refractivity contribution is -0.463. The zero-order valence-electron chi connectivity index (χ0n) is 12.1. The zero-order chi connectivity index (χ0) is 15.7. The molecule has 0 radical (unpaired) electrons. The quantitative estimate of drug-likeness (QED) is 0.188. The molecule has 2 N–H and O–H groups in total. The minimum absolute atomic E-state index is 0.275. The van der Waals surface area contributed by atoms with Crippen LogP contribution in [0.2, 0.25) is 0 Å². The van der Waals surface area contributed by atoms with Crippen molar-refractivity contribution in [1.29, 1.82) is 0 Å².